The lowest BCUT2D eigenvalue weighted by Gasteiger charge is -2.37. The van der Waals surface area contributed by atoms with Gasteiger partial charge in [-0.05, 0) is 49.7 Å². The summed E-state index contributed by atoms with van der Waals surface area (Å²) in [5.41, 5.74) is 5.98. The largest absolute Gasteiger partial charge is 0.328 e. The first-order valence-electron chi connectivity index (χ1n) is 6.05. The van der Waals surface area contributed by atoms with Crippen molar-refractivity contribution in [2.75, 3.05) is 0 Å². The number of likely N-dealkylation sites (tertiary alicyclic amines) is 1. The quantitative estimate of drug-likeness (QED) is 0.859. The minimum absolute atomic E-state index is 0.00694. The fraction of sp³-hybridized carbons (Fsp3) is 0.615. The first-order valence-corrected chi connectivity index (χ1v) is 7.66. The van der Waals surface area contributed by atoms with Crippen molar-refractivity contribution in [2.45, 2.75) is 51.7 Å². The standard InChI is InChI=1S/C13H19BrN2OS/c1-7-8(14)5-10(18-7)12-9(15)6-11(17)16(12)13(2,3)4/h5,9,12H,6,15H2,1-4H3. The number of nitrogens with two attached hydrogens (primary N) is 1. The Balaban J connectivity index is 2.43. The SMILES string of the molecule is Cc1sc(C2C(N)CC(=O)N2C(C)(C)C)cc1Br. The Morgan fingerprint density at radius 2 is 2.11 bits per heavy atom. The normalized spacial score (nSPS) is 25.0. The van der Waals surface area contributed by atoms with E-state index in [9.17, 15) is 4.79 Å². The minimum Gasteiger partial charge on any atom is -0.328 e. The van der Waals surface area contributed by atoms with E-state index >= 15 is 0 Å². The maximum Gasteiger partial charge on any atom is 0.225 e. The lowest BCUT2D eigenvalue weighted by atomic mass is 10.0. The fourth-order valence-electron chi connectivity index (χ4n) is 2.52. The van der Waals surface area contributed by atoms with Crippen LogP contribution in [0.25, 0.3) is 0 Å². The van der Waals surface area contributed by atoms with E-state index in [1.807, 2.05) is 4.90 Å². The Bertz CT molecular complexity index is 458. The van der Waals surface area contributed by atoms with Gasteiger partial charge in [0, 0.05) is 32.2 Å². The molecule has 0 aromatic carbocycles. The maximum atomic E-state index is 12.1. The molecule has 1 saturated heterocycles. The van der Waals surface area contributed by atoms with Crippen molar-refractivity contribution in [3.8, 4) is 0 Å². The highest BCUT2D eigenvalue weighted by Crippen LogP contribution is 2.42. The van der Waals surface area contributed by atoms with Crippen molar-refractivity contribution in [1.29, 1.82) is 0 Å². The number of rotatable bonds is 1. The summed E-state index contributed by atoms with van der Waals surface area (Å²) in [6.07, 6.45) is 0.441. The molecule has 1 amide bonds. The van der Waals surface area contributed by atoms with Crippen molar-refractivity contribution in [2.24, 2.45) is 5.73 Å². The molecule has 2 heterocycles. The Morgan fingerprint density at radius 1 is 1.50 bits per heavy atom. The van der Waals surface area contributed by atoms with Gasteiger partial charge in [-0.1, -0.05) is 0 Å². The lowest BCUT2D eigenvalue weighted by molar-refractivity contribution is -0.133. The van der Waals surface area contributed by atoms with Crippen LogP contribution in [0.1, 0.15) is 43.0 Å². The maximum absolute atomic E-state index is 12.1. The second kappa shape index (κ2) is 4.62. The summed E-state index contributed by atoms with van der Waals surface area (Å²) in [4.78, 5) is 16.5. The van der Waals surface area contributed by atoms with Gasteiger partial charge in [0.25, 0.3) is 0 Å². The van der Waals surface area contributed by atoms with E-state index in [1.54, 1.807) is 11.3 Å². The summed E-state index contributed by atoms with van der Waals surface area (Å²) in [5, 5.41) is 0. The van der Waals surface area contributed by atoms with E-state index in [-0.39, 0.29) is 23.5 Å². The zero-order chi connectivity index (χ0) is 13.7. The summed E-state index contributed by atoms with van der Waals surface area (Å²) in [7, 11) is 0. The van der Waals surface area contributed by atoms with Crippen LogP contribution in [0.2, 0.25) is 0 Å². The number of carbonyl (C=O) groups is 1. The van der Waals surface area contributed by atoms with Gasteiger partial charge in [-0.25, -0.2) is 0 Å². The van der Waals surface area contributed by atoms with E-state index in [1.165, 1.54) is 9.75 Å². The van der Waals surface area contributed by atoms with Crippen molar-refractivity contribution < 1.29 is 4.79 Å². The molecule has 100 valence electrons. The van der Waals surface area contributed by atoms with Crippen molar-refractivity contribution in [3.63, 3.8) is 0 Å². The number of nitrogens with zero attached hydrogens (tertiary/aromatic N) is 1. The van der Waals surface area contributed by atoms with Gasteiger partial charge < -0.3 is 10.6 Å². The number of thiophene rings is 1. The number of halogens is 1. The third-order valence-electron chi connectivity index (χ3n) is 3.25. The molecular formula is C13H19BrN2OS. The monoisotopic (exact) mass is 330 g/mol. The van der Waals surface area contributed by atoms with Crippen LogP contribution >= 0.6 is 27.3 Å². The van der Waals surface area contributed by atoms with E-state index in [4.69, 9.17) is 5.73 Å². The summed E-state index contributed by atoms with van der Waals surface area (Å²) in [5.74, 6) is 0.155. The summed E-state index contributed by atoms with van der Waals surface area (Å²) in [6, 6.07) is 2.00. The van der Waals surface area contributed by atoms with Crippen molar-refractivity contribution in [3.05, 3.63) is 20.3 Å². The third-order valence-corrected chi connectivity index (χ3v) is 5.46. The number of amides is 1. The van der Waals surface area contributed by atoms with Crippen LogP contribution in [0.5, 0.6) is 0 Å². The van der Waals surface area contributed by atoms with Crippen molar-refractivity contribution >= 4 is 33.2 Å². The van der Waals surface area contributed by atoms with Crippen LogP contribution in [0.4, 0.5) is 0 Å². The molecule has 1 aromatic heterocycles. The van der Waals surface area contributed by atoms with Gasteiger partial charge in [0.15, 0.2) is 0 Å². The van der Waals surface area contributed by atoms with Gasteiger partial charge in [-0.15, -0.1) is 11.3 Å². The number of hydrogen-bond donors (Lipinski definition) is 1. The zero-order valence-electron chi connectivity index (χ0n) is 11.2. The van der Waals surface area contributed by atoms with Gasteiger partial charge in [0.1, 0.15) is 0 Å². The molecule has 3 nitrogen and oxygen atoms in total. The molecule has 0 aliphatic carbocycles. The van der Waals surface area contributed by atoms with E-state index in [0.717, 1.165) is 4.47 Å². The van der Waals surface area contributed by atoms with Gasteiger partial charge >= 0.3 is 0 Å². The topological polar surface area (TPSA) is 46.3 Å². The van der Waals surface area contributed by atoms with Gasteiger partial charge in [-0.2, -0.15) is 0 Å². The molecule has 0 spiro atoms. The summed E-state index contributed by atoms with van der Waals surface area (Å²) in [6.45, 7) is 8.25. The minimum atomic E-state index is -0.194. The highest BCUT2D eigenvalue weighted by atomic mass is 79.9. The molecule has 2 unspecified atom stereocenters. The summed E-state index contributed by atoms with van der Waals surface area (Å²) < 4.78 is 1.10. The highest BCUT2D eigenvalue weighted by molar-refractivity contribution is 9.10. The number of carbonyl (C=O) groups excluding carboxylic acids is 1. The van der Waals surface area contributed by atoms with Crippen LogP contribution < -0.4 is 5.73 Å². The first-order chi connectivity index (χ1) is 8.21. The molecule has 1 aromatic rings. The second-order valence-electron chi connectivity index (χ2n) is 5.80. The Hall–Kier alpha value is -0.390. The van der Waals surface area contributed by atoms with Gasteiger partial charge in [0.05, 0.1) is 6.04 Å². The number of aryl methyl sites for hydroxylation is 1. The lowest BCUT2D eigenvalue weighted by Crippen LogP contribution is -2.45. The number of hydrogen-bond acceptors (Lipinski definition) is 3. The fourth-order valence-corrected chi connectivity index (χ4v) is 4.24. The molecule has 1 aliphatic rings. The molecular weight excluding hydrogens is 312 g/mol. The molecule has 18 heavy (non-hydrogen) atoms. The smallest absolute Gasteiger partial charge is 0.225 e. The Morgan fingerprint density at radius 3 is 2.56 bits per heavy atom. The molecule has 2 rings (SSSR count). The van der Waals surface area contributed by atoms with E-state index in [0.29, 0.717) is 6.42 Å². The Kier molecular flexibility index (Phi) is 3.60. The zero-order valence-corrected chi connectivity index (χ0v) is 13.6. The van der Waals surface area contributed by atoms with Gasteiger partial charge in [0.2, 0.25) is 5.91 Å². The Labute approximate surface area is 120 Å². The molecule has 5 heteroatoms. The summed E-state index contributed by atoms with van der Waals surface area (Å²) >= 11 is 5.25. The average molecular weight is 331 g/mol. The molecule has 0 radical (unpaired) electrons. The third kappa shape index (κ3) is 2.36. The molecule has 2 N–H and O–H groups in total. The first kappa shape index (κ1) is 14.0. The highest BCUT2D eigenvalue weighted by Gasteiger charge is 2.44. The van der Waals surface area contributed by atoms with Crippen LogP contribution in [0.15, 0.2) is 10.5 Å². The van der Waals surface area contributed by atoms with Gasteiger partial charge in [-0.3, -0.25) is 4.79 Å². The van der Waals surface area contributed by atoms with Crippen LogP contribution in [0, 0.1) is 6.92 Å². The molecule has 2 atom stereocenters. The predicted octanol–water partition coefficient (Wildman–Crippen LogP) is 3.22. The van der Waals surface area contributed by atoms with E-state index < -0.39 is 0 Å². The van der Waals surface area contributed by atoms with Crippen molar-refractivity contribution in [1.82, 2.24) is 4.90 Å². The second-order valence-corrected chi connectivity index (χ2v) is 7.94. The van der Waals surface area contributed by atoms with E-state index in [2.05, 4.69) is 49.7 Å². The molecule has 0 bridgehead atoms. The van der Waals surface area contributed by atoms with Crippen LogP contribution in [-0.2, 0) is 4.79 Å². The molecule has 1 aliphatic heterocycles. The molecule has 1 fully saturated rings. The van der Waals surface area contributed by atoms with Crippen LogP contribution in [0.3, 0.4) is 0 Å². The average Bonchev–Trinajstić information content (AvgIpc) is 2.67. The molecule has 0 saturated carbocycles. The van der Waals surface area contributed by atoms with Crippen LogP contribution in [-0.4, -0.2) is 22.4 Å². The predicted molar refractivity (Wildman–Crippen MR) is 78.7 cm³/mol.